The summed E-state index contributed by atoms with van der Waals surface area (Å²) in [6.45, 7) is 5.05. The number of nitrogens with zero attached hydrogens (tertiary/aromatic N) is 4. The minimum Gasteiger partial charge on any atom is -0.493 e. The van der Waals surface area contributed by atoms with E-state index in [0.717, 1.165) is 60.1 Å². The first-order valence-electron chi connectivity index (χ1n) is 11.7. The molecule has 3 aliphatic rings. The van der Waals surface area contributed by atoms with Crippen LogP contribution in [0.25, 0.3) is 6.08 Å². The third-order valence-corrected chi connectivity index (χ3v) is 6.89. The van der Waals surface area contributed by atoms with E-state index in [1.807, 2.05) is 55.5 Å². The normalized spacial score (nSPS) is 18.6. The lowest BCUT2D eigenvalue weighted by Crippen LogP contribution is -2.35. The number of benzene rings is 2. The summed E-state index contributed by atoms with van der Waals surface area (Å²) >= 11 is 1.36. The number of carbonyl (C=O) groups is 1. The first-order chi connectivity index (χ1) is 17.1. The van der Waals surface area contributed by atoms with Gasteiger partial charge in [0.25, 0.3) is 5.91 Å². The topological polar surface area (TPSA) is 90.6 Å². The van der Waals surface area contributed by atoms with Gasteiger partial charge in [-0.05, 0) is 66.9 Å². The Morgan fingerprint density at radius 2 is 1.77 bits per heavy atom. The molecule has 9 heteroatoms. The van der Waals surface area contributed by atoms with Crippen molar-refractivity contribution in [3.63, 3.8) is 0 Å². The molecule has 1 saturated heterocycles. The van der Waals surface area contributed by atoms with E-state index < -0.39 is 5.91 Å². The zero-order chi connectivity index (χ0) is 24.2. The summed E-state index contributed by atoms with van der Waals surface area (Å²) in [6, 6.07) is 15.4. The number of hydrogen-bond donors (Lipinski definition) is 1. The van der Waals surface area contributed by atoms with Crippen LogP contribution in [0, 0.1) is 12.3 Å². The molecule has 0 saturated carbocycles. The van der Waals surface area contributed by atoms with Crippen LogP contribution in [-0.2, 0) is 4.79 Å². The standard InChI is InChI=1S/C26H27N5O3S/c1-18-7-2-3-8-22(18)34-16-6-15-33-20-11-9-19(10-12-20)17-21-23(27)31-25(28-24(21)32)35-26(29-31)30-13-4-5-14-30/h2-3,7-12,17,27H,4-6,13-16H2,1H3/b21-17+,27-23?. The Hall–Kier alpha value is -3.59. The monoisotopic (exact) mass is 489 g/mol. The van der Waals surface area contributed by atoms with Gasteiger partial charge < -0.3 is 14.4 Å². The van der Waals surface area contributed by atoms with E-state index in [2.05, 4.69) is 15.0 Å². The Balaban J connectivity index is 1.16. The highest BCUT2D eigenvalue weighted by atomic mass is 32.2. The van der Waals surface area contributed by atoms with E-state index in [0.29, 0.717) is 18.4 Å². The van der Waals surface area contributed by atoms with Crippen LogP contribution in [0.3, 0.4) is 0 Å². The Labute approximate surface area is 208 Å². The minimum atomic E-state index is -0.416. The lowest BCUT2D eigenvalue weighted by atomic mass is 10.1. The first kappa shape index (κ1) is 23.2. The third-order valence-electron chi connectivity index (χ3n) is 5.92. The number of hydrogen-bond acceptors (Lipinski definition) is 7. The maximum atomic E-state index is 12.6. The first-order valence-corrected chi connectivity index (χ1v) is 12.6. The molecule has 8 nitrogen and oxygen atoms in total. The lowest BCUT2D eigenvalue weighted by molar-refractivity contribution is -0.114. The van der Waals surface area contributed by atoms with Gasteiger partial charge >= 0.3 is 0 Å². The molecule has 1 amide bonds. The number of thioether (sulfide) groups is 1. The van der Waals surface area contributed by atoms with Crippen LogP contribution in [0.5, 0.6) is 11.5 Å². The van der Waals surface area contributed by atoms with Crippen LogP contribution in [0.1, 0.15) is 30.4 Å². The number of fused-ring (bicyclic) bond motifs is 1. The van der Waals surface area contributed by atoms with Crippen molar-refractivity contribution in [2.24, 2.45) is 10.1 Å². The molecular weight excluding hydrogens is 462 g/mol. The van der Waals surface area contributed by atoms with Crippen LogP contribution in [0.15, 0.2) is 64.2 Å². The number of ether oxygens (including phenoxy) is 2. The van der Waals surface area contributed by atoms with Gasteiger partial charge in [0.2, 0.25) is 5.17 Å². The smallest absolute Gasteiger partial charge is 0.283 e. The number of nitrogens with one attached hydrogen (secondary N) is 1. The van der Waals surface area contributed by atoms with Crippen molar-refractivity contribution in [1.82, 2.24) is 9.91 Å². The number of amidine groups is 3. The molecule has 0 bridgehead atoms. The van der Waals surface area contributed by atoms with Crippen LogP contribution < -0.4 is 9.47 Å². The molecule has 2 aromatic rings. The third kappa shape index (κ3) is 5.24. The Morgan fingerprint density at radius 3 is 2.54 bits per heavy atom. The molecule has 3 heterocycles. The molecule has 0 aliphatic carbocycles. The molecule has 1 fully saturated rings. The minimum absolute atomic E-state index is 0.0516. The number of aliphatic imine (C=N–C) groups is 1. The summed E-state index contributed by atoms with van der Waals surface area (Å²) < 4.78 is 11.6. The summed E-state index contributed by atoms with van der Waals surface area (Å²) in [7, 11) is 0. The van der Waals surface area contributed by atoms with Gasteiger partial charge in [0, 0.05) is 19.5 Å². The predicted octanol–water partition coefficient (Wildman–Crippen LogP) is 4.52. The fraction of sp³-hybridized carbons (Fsp3) is 0.308. The molecule has 0 spiro atoms. The highest BCUT2D eigenvalue weighted by Crippen LogP contribution is 2.31. The van der Waals surface area contributed by atoms with Gasteiger partial charge in [-0.25, -0.2) is 0 Å². The van der Waals surface area contributed by atoms with E-state index in [9.17, 15) is 4.79 Å². The zero-order valence-electron chi connectivity index (χ0n) is 19.6. The molecule has 3 aliphatic heterocycles. The van der Waals surface area contributed by atoms with Crippen molar-refractivity contribution in [3.05, 3.63) is 65.2 Å². The van der Waals surface area contributed by atoms with Crippen LogP contribution in [-0.4, -0.2) is 58.3 Å². The van der Waals surface area contributed by atoms with Gasteiger partial charge in [-0.3, -0.25) is 10.2 Å². The molecule has 0 atom stereocenters. The summed E-state index contributed by atoms with van der Waals surface area (Å²) in [5.74, 6) is 1.27. The van der Waals surface area contributed by atoms with Gasteiger partial charge in [0.05, 0.1) is 18.8 Å². The number of para-hydroxylation sites is 1. The van der Waals surface area contributed by atoms with E-state index >= 15 is 0 Å². The second kappa shape index (κ2) is 10.4. The Kier molecular flexibility index (Phi) is 6.85. The van der Waals surface area contributed by atoms with Gasteiger partial charge in [-0.15, -0.1) is 5.10 Å². The average molecular weight is 490 g/mol. The highest BCUT2D eigenvalue weighted by Gasteiger charge is 2.37. The number of amides is 1. The molecular formula is C26H27N5O3S. The number of likely N-dealkylation sites (tertiary alicyclic amines) is 1. The number of rotatable bonds is 7. The van der Waals surface area contributed by atoms with E-state index in [1.165, 1.54) is 16.8 Å². The summed E-state index contributed by atoms with van der Waals surface area (Å²) in [4.78, 5) is 19.0. The SMILES string of the molecule is Cc1ccccc1OCCCOc1ccc(/C=C2\C(=N)N3N=C(N4CCCC4)SC3=NC2=O)cc1. The van der Waals surface area contributed by atoms with Crippen LogP contribution >= 0.6 is 11.8 Å². The van der Waals surface area contributed by atoms with Crippen molar-refractivity contribution in [3.8, 4) is 11.5 Å². The molecule has 0 radical (unpaired) electrons. The van der Waals surface area contributed by atoms with E-state index in [-0.39, 0.29) is 11.4 Å². The van der Waals surface area contributed by atoms with E-state index in [1.54, 1.807) is 6.08 Å². The molecule has 0 aromatic heterocycles. The second-order valence-electron chi connectivity index (χ2n) is 8.48. The van der Waals surface area contributed by atoms with Crippen molar-refractivity contribution in [2.75, 3.05) is 26.3 Å². The van der Waals surface area contributed by atoms with Crippen molar-refractivity contribution >= 4 is 39.9 Å². The van der Waals surface area contributed by atoms with Gasteiger partial charge in [0.1, 0.15) is 11.5 Å². The fourth-order valence-corrected chi connectivity index (χ4v) is 4.94. The zero-order valence-corrected chi connectivity index (χ0v) is 20.4. The maximum absolute atomic E-state index is 12.6. The lowest BCUT2D eigenvalue weighted by Gasteiger charge is -2.20. The van der Waals surface area contributed by atoms with Gasteiger partial charge in [-0.2, -0.15) is 10.0 Å². The molecule has 5 rings (SSSR count). The highest BCUT2D eigenvalue weighted by molar-refractivity contribution is 8.26. The van der Waals surface area contributed by atoms with Crippen molar-refractivity contribution in [1.29, 1.82) is 5.41 Å². The quantitative estimate of drug-likeness (QED) is 0.454. The maximum Gasteiger partial charge on any atom is 0.283 e. The molecule has 1 N–H and O–H groups in total. The Morgan fingerprint density at radius 1 is 1.03 bits per heavy atom. The largest absolute Gasteiger partial charge is 0.493 e. The summed E-state index contributed by atoms with van der Waals surface area (Å²) in [5, 5.41) is 15.8. The number of aryl methyl sites for hydroxylation is 1. The molecule has 2 aromatic carbocycles. The molecule has 180 valence electrons. The van der Waals surface area contributed by atoms with Gasteiger partial charge in [0.15, 0.2) is 11.0 Å². The van der Waals surface area contributed by atoms with Crippen LogP contribution in [0.4, 0.5) is 0 Å². The molecule has 0 unspecified atom stereocenters. The van der Waals surface area contributed by atoms with E-state index in [4.69, 9.17) is 14.9 Å². The van der Waals surface area contributed by atoms with Crippen molar-refractivity contribution < 1.29 is 14.3 Å². The predicted molar refractivity (Wildman–Crippen MR) is 139 cm³/mol. The van der Waals surface area contributed by atoms with Gasteiger partial charge in [-0.1, -0.05) is 30.3 Å². The second-order valence-corrected chi connectivity index (χ2v) is 9.42. The number of carbonyl (C=O) groups excluding carboxylic acids is 1. The fourth-order valence-electron chi connectivity index (χ4n) is 3.99. The van der Waals surface area contributed by atoms with Crippen molar-refractivity contribution in [2.45, 2.75) is 26.2 Å². The van der Waals surface area contributed by atoms with Crippen LogP contribution in [0.2, 0.25) is 0 Å². The Bertz CT molecular complexity index is 1220. The summed E-state index contributed by atoms with van der Waals surface area (Å²) in [5.41, 5.74) is 2.14. The summed E-state index contributed by atoms with van der Waals surface area (Å²) in [6.07, 6.45) is 4.71. The number of hydrazone groups is 1. The average Bonchev–Trinajstić information content (AvgIpc) is 3.54. The molecule has 35 heavy (non-hydrogen) atoms.